The molecule has 0 saturated heterocycles. The highest BCUT2D eigenvalue weighted by Gasteiger charge is 2.24. The highest BCUT2D eigenvalue weighted by atomic mass is 79.9. The minimum atomic E-state index is -0.136. The van der Waals surface area contributed by atoms with Crippen LogP contribution in [0.15, 0.2) is 34.0 Å². The second-order valence-corrected chi connectivity index (χ2v) is 5.81. The van der Waals surface area contributed by atoms with E-state index in [1.165, 1.54) is 0 Å². The van der Waals surface area contributed by atoms with Gasteiger partial charge in [-0.2, -0.15) is 0 Å². The fourth-order valence-corrected chi connectivity index (χ4v) is 3.07. The van der Waals surface area contributed by atoms with E-state index in [0.29, 0.717) is 24.2 Å². The van der Waals surface area contributed by atoms with Crippen LogP contribution in [0.5, 0.6) is 5.88 Å². The summed E-state index contributed by atoms with van der Waals surface area (Å²) in [4.78, 5) is 12.5. The molecule has 2 heterocycles. The summed E-state index contributed by atoms with van der Waals surface area (Å²) in [6, 6.07) is 5.62. The summed E-state index contributed by atoms with van der Waals surface area (Å²) in [6.07, 6.45) is 3.64. The summed E-state index contributed by atoms with van der Waals surface area (Å²) in [7, 11) is 0. The highest BCUT2D eigenvalue weighted by molar-refractivity contribution is 9.10. The molecule has 0 bridgehead atoms. The van der Waals surface area contributed by atoms with Crippen LogP contribution in [0, 0.1) is 0 Å². The van der Waals surface area contributed by atoms with E-state index in [2.05, 4.69) is 22.5 Å². The second-order valence-electron chi connectivity index (χ2n) is 4.89. The summed E-state index contributed by atoms with van der Waals surface area (Å²) < 4.78 is 4.17. The minimum Gasteiger partial charge on any atom is -0.493 e. The molecular formula is C15H15BrN2O2. The van der Waals surface area contributed by atoms with Crippen molar-refractivity contribution >= 4 is 22.0 Å². The Morgan fingerprint density at radius 2 is 1.95 bits per heavy atom. The van der Waals surface area contributed by atoms with E-state index in [4.69, 9.17) is 0 Å². The maximum absolute atomic E-state index is 12.5. The van der Waals surface area contributed by atoms with E-state index in [1.54, 1.807) is 15.4 Å². The van der Waals surface area contributed by atoms with Gasteiger partial charge in [0.1, 0.15) is 5.56 Å². The molecule has 20 heavy (non-hydrogen) atoms. The molecule has 0 aliphatic carbocycles. The molecule has 0 radical (unpaired) electrons. The van der Waals surface area contributed by atoms with Crippen molar-refractivity contribution in [1.29, 1.82) is 0 Å². The molecule has 2 aromatic rings. The summed E-state index contributed by atoms with van der Waals surface area (Å²) >= 11 is 3.41. The molecular weight excluding hydrogens is 320 g/mol. The number of nitrogens with zero attached hydrogens (tertiary/aromatic N) is 2. The van der Waals surface area contributed by atoms with Crippen molar-refractivity contribution in [2.45, 2.75) is 25.9 Å². The number of aromatic hydroxyl groups is 1. The van der Waals surface area contributed by atoms with Gasteiger partial charge in [-0.3, -0.25) is 9.48 Å². The van der Waals surface area contributed by atoms with E-state index in [9.17, 15) is 9.90 Å². The van der Waals surface area contributed by atoms with Crippen molar-refractivity contribution in [2.75, 3.05) is 0 Å². The normalized spacial score (nSPS) is 14.1. The fourth-order valence-electron chi connectivity index (χ4n) is 2.71. The van der Waals surface area contributed by atoms with Crippen molar-refractivity contribution < 1.29 is 5.11 Å². The summed E-state index contributed by atoms with van der Waals surface area (Å²) in [5, 5.41) is 10.4. The van der Waals surface area contributed by atoms with E-state index >= 15 is 0 Å². The average Bonchev–Trinajstić information content (AvgIpc) is 2.71. The number of benzene rings is 1. The number of aromatic nitrogens is 2. The number of hydrogen-bond acceptors (Lipinski definition) is 2. The molecule has 0 fully saturated rings. The van der Waals surface area contributed by atoms with E-state index in [1.807, 2.05) is 18.2 Å². The predicted octanol–water partition coefficient (Wildman–Crippen LogP) is 3.22. The number of fused-ring (bicyclic) bond motifs is 1. The van der Waals surface area contributed by atoms with Crippen LogP contribution in [0.1, 0.15) is 18.4 Å². The van der Waals surface area contributed by atoms with Crippen LogP contribution >= 0.6 is 15.9 Å². The third-order valence-electron chi connectivity index (χ3n) is 3.70. The van der Waals surface area contributed by atoms with Crippen LogP contribution in [0.3, 0.4) is 0 Å². The maximum Gasteiger partial charge on any atom is 0.278 e. The molecule has 0 amide bonds. The Kier molecular flexibility index (Phi) is 3.30. The van der Waals surface area contributed by atoms with Gasteiger partial charge in [-0.25, -0.2) is 4.68 Å². The van der Waals surface area contributed by atoms with Crippen LogP contribution in [-0.4, -0.2) is 14.5 Å². The van der Waals surface area contributed by atoms with Crippen LogP contribution in [0.4, 0.5) is 0 Å². The molecule has 1 aromatic heterocycles. The van der Waals surface area contributed by atoms with Gasteiger partial charge >= 0.3 is 0 Å². The minimum absolute atomic E-state index is 0.0518. The summed E-state index contributed by atoms with van der Waals surface area (Å²) in [5.74, 6) is 0.0518. The van der Waals surface area contributed by atoms with Crippen LogP contribution in [0.2, 0.25) is 0 Å². The molecule has 0 atom stereocenters. The van der Waals surface area contributed by atoms with Gasteiger partial charge in [0.15, 0.2) is 0 Å². The zero-order valence-corrected chi connectivity index (χ0v) is 12.6. The molecule has 1 aliphatic heterocycles. The van der Waals surface area contributed by atoms with Crippen LogP contribution in [-0.2, 0) is 13.1 Å². The zero-order chi connectivity index (χ0) is 14.3. The SMILES string of the molecule is C=Cc1ccc(Br)cc1-c1c(O)n2n(c1=O)CCCC2. The largest absolute Gasteiger partial charge is 0.493 e. The van der Waals surface area contributed by atoms with Crippen molar-refractivity contribution in [1.82, 2.24) is 9.36 Å². The number of rotatable bonds is 2. The fraction of sp³-hybridized carbons (Fsp3) is 0.267. The Morgan fingerprint density at radius 3 is 2.60 bits per heavy atom. The zero-order valence-electron chi connectivity index (χ0n) is 11.0. The first kappa shape index (κ1) is 13.2. The Balaban J connectivity index is 2.31. The van der Waals surface area contributed by atoms with Crippen molar-refractivity contribution in [3.8, 4) is 17.0 Å². The lowest BCUT2D eigenvalue weighted by Crippen LogP contribution is -2.27. The molecule has 104 valence electrons. The molecule has 0 spiro atoms. The Morgan fingerprint density at radius 1 is 1.25 bits per heavy atom. The van der Waals surface area contributed by atoms with E-state index in [0.717, 1.165) is 22.9 Å². The highest BCUT2D eigenvalue weighted by Crippen LogP contribution is 2.33. The first-order chi connectivity index (χ1) is 9.63. The van der Waals surface area contributed by atoms with Gasteiger partial charge in [0.25, 0.3) is 5.56 Å². The van der Waals surface area contributed by atoms with Crippen molar-refractivity contribution in [3.63, 3.8) is 0 Å². The molecule has 1 aliphatic rings. The van der Waals surface area contributed by atoms with Crippen LogP contribution < -0.4 is 5.56 Å². The Bertz CT molecular complexity index is 743. The molecule has 1 aromatic carbocycles. The number of halogens is 1. The smallest absolute Gasteiger partial charge is 0.278 e. The lowest BCUT2D eigenvalue weighted by Gasteiger charge is -2.16. The quantitative estimate of drug-likeness (QED) is 0.916. The molecule has 3 rings (SSSR count). The van der Waals surface area contributed by atoms with Gasteiger partial charge in [0.2, 0.25) is 5.88 Å². The third kappa shape index (κ3) is 1.93. The van der Waals surface area contributed by atoms with Gasteiger partial charge < -0.3 is 5.11 Å². The standard InChI is InChI=1S/C15H15BrN2O2/c1-2-10-5-6-11(16)9-12(10)13-14(19)17-7-3-4-8-18(17)15(13)20/h2,5-6,9,19H,1,3-4,7-8H2. The summed E-state index contributed by atoms with van der Waals surface area (Å²) in [6.45, 7) is 5.11. The Hall–Kier alpha value is -1.75. The van der Waals surface area contributed by atoms with E-state index < -0.39 is 0 Å². The molecule has 0 saturated carbocycles. The maximum atomic E-state index is 12.5. The van der Waals surface area contributed by atoms with Gasteiger partial charge in [-0.15, -0.1) is 0 Å². The van der Waals surface area contributed by atoms with Gasteiger partial charge in [0, 0.05) is 23.1 Å². The average molecular weight is 335 g/mol. The first-order valence-electron chi connectivity index (χ1n) is 6.58. The summed E-state index contributed by atoms with van der Waals surface area (Å²) in [5.41, 5.74) is 1.78. The van der Waals surface area contributed by atoms with Gasteiger partial charge in [-0.05, 0) is 30.5 Å². The van der Waals surface area contributed by atoms with Crippen molar-refractivity contribution in [2.24, 2.45) is 0 Å². The molecule has 4 nitrogen and oxygen atoms in total. The second kappa shape index (κ2) is 4.98. The monoisotopic (exact) mass is 334 g/mol. The van der Waals surface area contributed by atoms with Crippen molar-refractivity contribution in [3.05, 3.63) is 45.2 Å². The predicted molar refractivity (Wildman–Crippen MR) is 82.8 cm³/mol. The lowest BCUT2D eigenvalue weighted by atomic mass is 10.0. The Labute approximate surface area is 125 Å². The van der Waals surface area contributed by atoms with E-state index in [-0.39, 0.29) is 11.4 Å². The van der Waals surface area contributed by atoms with Gasteiger partial charge in [0.05, 0.1) is 0 Å². The molecule has 0 unspecified atom stereocenters. The third-order valence-corrected chi connectivity index (χ3v) is 4.20. The lowest BCUT2D eigenvalue weighted by molar-refractivity contribution is 0.305. The van der Waals surface area contributed by atoms with Crippen LogP contribution in [0.25, 0.3) is 17.2 Å². The van der Waals surface area contributed by atoms with Gasteiger partial charge in [-0.1, -0.05) is 34.7 Å². The molecule has 1 N–H and O–H groups in total. The topological polar surface area (TPSA) is 47.2 Å². The molecule has 5 heteroatoms. The first-order valence-corrected chi connectivity index (χ1v) is 7.37. The number of hydrogen-bond donors (Lipinski definition) is 1.